The van der Waals surface area contributed by atoms with Crippen molar-refractivity contribution < 1.29 is 23.1 Å². The third-order valence-corrected chi connectivity index (χ3v) is 5.82. The van der Waals surface area contributed by atoms with Crippen molar-refractivity contribution in [3.8, 4) is 11.3 Å². The van der Waals surface area contributed by atoms with Crippen LogP contribution in [0.25, 0.3) is 16.8 Å². The number of allylic oxidation sites excluding steroid dienone is 4. The first-order valence-corrected chi connectivity index (χ1v) is 11.2. The Labute approximate surface area is 200 Å². The average Bonchev–Trinajstić information content (AvgIpc) is 3.33. The van der Waals surface area contributed by atoms with Crippen molar-refractivity contribution in [1.29, 1.82) is 0 Å². The van der Waals surface area contributed by atoms with Gasteiger partial charge in [0.1, 0.15) is 17.7 Å². The summed E-state index contributed by atoms with van der Waals surface area (Å²) in [6, 6.07) is 9.63. The van der Waals surface area contributed by atoms with Gasteiger partial charge in [-0.1, -0.05) is 24.3 Å². The predicted molar refractivity (Wildman–Crippen MR) is 126 cm³/mol. The summed E-state index contributed by atoms with van der Waals surface area (Å²) in [5, 5.41) is 18.9. The normalized spacial score (nSPS) is 19.2. The van der Waals surface area contributed by atoms with E-state index in [-0.39, 0.29) is 29.7 Å². The number of rotatable bonds is 8. The fraction of sp³-hybridized carbons (Fsp3) is 0.269. The standard InChI is InChI=1S/C26H25F3N4O2/c1-26(29)10-8-16(9-11-26)21-14-23(33-32-21)24-18(6-4-7-19(24)27)25(35)31-22(20(28)15-34)13-17-5-2-3-12-30-17/h2-10,12,14,20,22,34H,11,13,15H2,1H3,(H,31,35)(H,32,33)/t20?,22-,26?/m1/s1. The number of hydrogen-bond acceptors (Lipinski definition) is 4. The molecule has 0 fully saturated rings. The highest BCUT2D eigenvalue weighted by Gasteiger charge is 2.27. The van der Waals surface area contributed by atoms with E-state index in [9.17, 15) is 23.1 Å². The number of benzene rings is 1. The monoisotopic (exact) mass is 482 g/mol. The number of amides is 1. The molecule has 3 aromatic rings. The van der Waals surface area contributed by atoms with Gasteiger partial charge < -0.3 is 10.4 Å². The molecular weight excluding hydrogens is 457 g/mol. The Morgan fingerprint density at radius 2 is 2.11 bits per heavy atom. The molecule has 3 atom stereocenters. The highest BCUT2D eigenvalue weighted by Crippen LogP contribution is 2.31. The number of hydrogen-bond donors (Lipinski definition) is 3. The first-order valence-electron chi connectivity index (χ1n) is 11.2. The minimum Gasteiger partial charge on any atom is -0.393 e. The maximum Gasteiger partial charge on any atom is 0.252 e. The minimum absolute atomic E-state index is 0.0270. The number of alkyl halides is 2. The van der Waals surface area contributed by atoms with Gasteiger partial charge >= 0.3 is 0 Å². The van der Waals surface area contributed by atoms with Gasteiger partial charge in [0, 0.05) is 30.3 Å². The van der Waals surface area contributed by atoms with Crippen molar-refractivity contribution in [1.82, 2.24) is 20.5 Å². The first kappa shape index (κ1) is 24.4. The van der Waals surface area contributed by atoms with Crippen LogP contribution in [0, 0.1) is 5.82 Å². The summed E-state index contributed by atoms with van der Waals surface area (Å²) in [5.74, 6) is -1.38. The molecule has 0 saturated carbocycles. The van der Waals surface area contributed by atoms with E-state index in [1.807, 2.05) is 0 Å². The van der Waals surface area contributed by atoms with Gasteiger partial charge in [-0.15, -0.1) is 0 Å². The number of carbonyl (C=O) groups excluding carboxylic acids is 1. The maximum absolute atomic E-state index is 14.9. The van der Waals surface area contributed by atoms with E-state index in [0.717, 1.165) is 0 Å². The van der Waals surface area contributed by atoms with E-state index < -0.39 is 36.2 Å². The molecule has 0 bridgehead atoms. The Morgan fingerprint density at radius 1 is 1.29 bits per heavy atom. The second-order valence-electron chi connectivity index (χ2n) is 8.61. The zero-order chi connectivity index (χ0) is 25.0. The minimum atomic E-state index is -1.75. The van der Waals surface area contributed by atoms with E-state index in [1.165, 1.54) is 31.2 Å². The fourth-order valence-corrected chi connectivity index (χ4v) is 3.87. The van der Waals surface area contributed by atoms with Crippen LogP contribution in [0.2, 0.25) is 0 Å². The molecule has 6 nitrogen and oxygen atoms in total. The van der Waals surface area contributed by atoms with Crippen molar-refractivity contribution in [2.45, 2.75) is 37.6 Å². The number of aromatic nitrogens is 3. The van der Waals surface area contributed by atoms with Crippen LogP contribution in [-0.4, -0.2) is 50.7 Å². The molecule has 4 rings (SSSR count). The SMILES string of the molecule is CC1(F)C=CC(c2cc(-c3c(F)cccc3C(=O)N[C@H](Cc3ccccn3)C(F)CO)[nH]n2)=CC1. The van der Waals surface area contributed by atoms with Crippen molar-refractivity contribution in [3.63, 3.8) is 0 Å². The lowest BCUT2D eigenvalue weighted by atomic mass is 9.94. The average molecular weight is 483 g/mol. The molecule has 1 aliphatic carbocycles. The molecule has 1 aromatic carbocycles. The molecule has 0 aliphatic heterocycles. The molecule has 1 aliphatic rings. The lowest BCUT2D eigenvalue weighted by Crippen LogP contribution is -2.44. The number of aliphatic hydroxyl groups is 1. The summed E-state index contributed by atoms with van der Waals surface area (Å²) in [6.07, 6.45) is 4.77. The maximum atomic E-state index is 14.9. The van der Waals surface area contributed by atoms with Crippen LogP contribution >= 0.6 is 0 Å². The van der Waals surface area contributed by atoms with Crippen molar-refractivity contribution in [2.75, 3.05) is 6.61 Å². The second-order valence-corrected chi connectivity index (χ2v) is 8.61. The van der Waals surface area contributed by atoms with Gasteiger partial charge in [0.15, 0.2) is 0 Å². The molecule has 35 heavy (non-hydrogen) atoms. The Kier molecular flexibility index (Phi) is 7.16. The van der Waals surface area contributed by atoms with Gasteiger partial charge in [-0.3, -0.25) is 14.9 Å². The summed E-state index contributed by atoms with van der Waals surface area (Å²) in [4.78, 5) is 17.3. The number of nitrogens with one attached hydrogen (secondary N) is 2. The van der Waals surface area contributed by atoms with Crippen molar-refractivity contribution in [3.05, 3.63) is 89.7 Å². The fourth-order valence-electron chi connectivity index (χ4n) is 3.87. The summed E-state index contributed by atoms with van der Waals surface area (Å²) in [7, 11) is 0. The number of H-pyrrole nitrogens is 1. The van der Waals surface area contributed by atoms with Gasteiger partial charge in [0.05, 0.1) is 29.6 Å². The predicted octanol–water partition coefficient (Wildman–Crippen LogP) is 4.35. The number of halogens is 3. The third kappa shape index (κ3) is 5.68. The smallest absolute Gasteiger partial charge is 0.252 e. The van der Waals surface area contributed by atoms with E-state index >= 15 is 0 Å². The van der Waals surface area contributed by atoms with Crippen molar-refractivity contribution >= 4 is 11.5 Å². The van der Waals surface area contributed by atoms with Gasteiger partial charge in [0.2, 0.25) is 0 Å². The third-order valence-electron chi connectivity index (χ3n) is 5.82. The van der Waals surface area contributed by atoms with E-state index in [1.54, 1.807) is 42.6 Å². The summed E-state index contributed by atoms with van der Waals surface area (Å²) in [6.45, 7) is 0.676. The van der Waals surface area contributed by atoms with Crippen molar-refractivity contribution in [2.24, 2.45) is 0 Å². The Hall–Kier alpha value is -3.72. The van der Waals surface area contributed by atoms with Gasteiger partial charge in [-0.2, -0.15) is 5.10 Å². The molecular formula is C26H25F3N4O2. The summed E-state index contributed by atoms with van der Waals surface area (Å²) in [5.41, 5.74) is 0.420. The summed E-state index contributed by atoms with van der Waals surface area (Å²) >= 11 is 0. The van der Waals surface area contributed by atoms with Gasteiger partial charge in [-0.05, 0) is 48.9 Å². The molecule has 2 aromatic heterocycles. The number of aromatic amines is 1. The van der Waals surface area contributed by atoms with Gasteiger partial charge in [0.25, 0.3) is 5.91 Å². The zero-order valence-electron chi connectivity index (χ0n) is 19.0. The molecule has 1 amide bonds. The van der Waals surface area contributed by atoms with Crippen LogP contribution in [-0.2, 0) is 6.42 Å². The molecule has 9 heteroatoms. The number of nitrogens with zero attached hydrogens (tertiary/aromatic N) is 2. The Bertz CT molecular complexity index is 1250. The lowest BCUT2D eigenvalue weighted by molar-refractivity contribution is 0.0869. The summed E-state index contributed by atoms with van der Waals surface area (Å²) < 4.78 is 43.5. The molecule has 0 spiro atoms. The van der Waals surface area contributed by atoms with Crippen LogP contribution in [0.1, 0.15) is 35.1 Å². The largest absolute Gasteiger partial charge is 0.393 e. The topological polar surface area (TPSA) is 90.9 Å². The number of aliphatic hydroxyl groups excluding tert-OH is 1. The molecule has 2 heterocycles. The zero-order valence-corrected chi connectivity index (χ0v) is 19.0. The first-order chi connectivity index (χ1) is 16.8. The second kappa shape index (κ2) is 10.3. The van der Waals surface area contributed by atoms with E-state index in [0.29, 0.717) is 17.0 Å². The Morgan fingerprint density at radius 3 is 2.80 bits per heavy atom. The lowest BCUT2D eigenvalue weighted by Gasteiger charge is -2.22. The van der Waals surface area contributed by atoms with E-state index in [2.05, 4.69) is 20.5 Å². The van der Waals surface area contributed by atoms with Crippen LogP contribution in [0.4, 0.5) is 13.2 Å². The molecule has 182 valence electrons. The molecule has 2 unspecified atom stereocenters. The van der Waals surface area contributed by atoms with Crippen LogP contribution in [0.15, 0.2) is 66.9 Å². The number of pyridine rings is 1. The van der Waals surface area contributed by atoms with Gasteiger partial charge in [-0.25, -0.2) is 13.2 Å². The quantitative estimate of drug-likeness (QED) is 0.445. The van der Waals surface area contributed by atoms with Crippen LogP contribution in [0.5, 0.6) is 0 Å². The van der Waals surface area contributed by atoms with Crippen LogP contribution in [0.3, 0.4) is 0 Å². The molecule has 0 saturated heterocycles. The number of carbonyl (C=O) groups is 1. The highest BCUT2D eigenvalue weighted by molar-refractivity contribution is 6.01. The van der Waals surface area contributed by atoms with Crippen LogP contribution < -0.4 is 5.32 Å². The van der Waals surface area contributed by atoms with E-state index in [4.69, 9.17) is 0 Å². The molecule has 3 N–H and O–H groups in total. The highest BCUT2D eigenvalue weighted by atomic mass is 19.1. The molecule has 0 radical (unpaired) electrons. The Balaban J connectivity index is 1.61.